The molecule has 0 saturated carbocycles. The summed E-state index contributed by atoms with van der Waals surface area (Å²) in [6.07, 6.45) is 8.21. The van der Waals surface area contributed by atoms with Gasteiger partial charge in [-0.3, -0.25) is 18.8 Å². The lowest BCUT2D eigenvalue weighted by Gasteiger charge is -2.21. The first kappa shape index (κ1) is 19.6. The van der Waals surface area contributed by atoms with Gasteiger partial charge in [-0.05, 0) is 19.9 Å². The van der Waals surface area contributed by atoms with E-state index in [-0.39, 0.29) is 17.3 Å². The van der Waals surface area contributed by atoms with Crippen LogP contribution in [0.3, 0.4) is 0 Å². The van der Waals surface area contributed by atoms with E-state index in [1.54, 1.807) is 47.0 Å². The summed E-state index contributed by atoms with van der Waals surface area (Å²) in [7, 11) is 1.77. The highest BCUT2D eigenvalue weighted by atomic mass is 35.5. The van der Waals surface area contributed by atoms with E-state index in [1.807, 2.05) is 6.92 Å². The SMILES string of the molecule is CC(=O)c1cnc(N)nc1NC(C)c1cn2ccc(Cl)c2c(=O)n1-c1cnn(C)c1. The van der Waals surface area contributed by atoms with Gasteiger partial charge in [0.2, 0.25) is 5.95 Å². The average molecular weight is 427 g/mol. The molecule has 1 unspecified atom stereocenters. The third-order valence-electron chi connectivity index (χ3n) is 4.73. The minimum atomic E-state index is -0.434. The van der Waals surface area contributed by atoms with E-state index < -0.39 is 6.04 Å². The Morgan fingerprint density at radius 3 is 2.73 bits per heavy atom. The maximum Gasteiger partial charge on any atom is 0.281 e. The fraction of sp³-hybridized carbons (Fsp3) is 0.211. The van der Waals surface area contributed by atoms with Gasteiger partial charge in [0, 0.05) is 31.8 Å². The molecule has 0 aliphatic carbocycles. The Morgan fingerprint density at radius 2 is 2.07 bits per heavy atom. The number of nitrogen functional groups attached to an aromatic ring is 1. The van der Waals surface area contributed by atoms with Gasteiger partial charge in [-0.15, -0.1) is 0 Å². The molecule has 0 radical (unpaired) electrons. The van der Waals surface area contributed by atoms with Crippen LogP contribution in [0.1, 0.15) is 35.9 Å². The number of carbonyl (C=O) groups excluding carboxylic acids is 1. The van der Waals surface area contributed by atoms with Crippen LogP contribution in [0.4, 0.5) is 11.8 Å². The Kier molecular flexibility index (Phi) is 4.78. The van der Waals surface area contributed by atoms with E-state index in [1.165, 1.54) is 17.7 Å². The number of hydrogen-bond donors (Lipinski definition) is 2. The number of nitrogens with zero attached hydrogens (tertiary/aromatic N) is 6. The monoisotopic (exact) mass is 426 g/mol. The number of nitrogens with two attached hydrogens (primary N) is 1. The summed E-state index contributed by atoms with van der Waals surface area (Å²) in [6.45, 7) is 3.27. The molecule has 0 aromatic carbocycles. The van der Waals surface area contributed by atoms with Gasteiger partial charge in [0.15, 0.2) is 5.78 Å². The molecule has 3 N–H and O–H groups in total. The third kappa shape index (κ3) is 3.30. The minimum Gasteiger partial charge on any atom is -0.368 e. The Balaban J connectivity index is 1.89. The standard InChI is InChI=1S/C19H19ClN8O2/c1-10(24-17-13(11(2)29)7-22-19(21)25-17)15-9-27-5-4-14(20)16(27)18(30)28(15)12-6-23-26(3)8-12/h4-10H,1-3H3,(H3,21,22,24,25). The first-order chi connectivity index (χ1) is 14.3. The molecular weight excluding hydrogens is 408 g/mol. The molecule has 30 heavy (non-hydrogen) atoms. The number of ketones is 1. The Morgan fingerprint density at radius 1 is 1.30 bits per heavy atom. The van der Waals surface area contributed by atoms with Crippen LogP contribution in [-0.2, 0) is 7.05 Å². The van der Waals surface area contributed by atoms with Crippen molar-refractivity contribution >= 4 is 34.7 Å². The van der Waals surface area contributed by atoms with Crippen molar-refractivity contribution < 1.29 is 4.79 Å². The number of hydrogen-bond acceptors (Lipinski definition) is 7. The predicted molar refractivity (Wildman–Crippen MR) is 113 cm³/mol. The smallest absolute Gasteiger partial charge is 0.281 e. The number of carbonyl (C=O) groups is 1. The molecule has 11 heteroatoms. The zero-order valence-electron chi connectivity index (χ0n) is 16.5. The Bertz CT molecular complexity index is 1340. The highest BCUT2D eigenvalue weighted by molar-refractivity contribution is 6.33. The Hall–Kier alpha value is -3.66. The minimum absolute atomic E-state index is 0.0343. The van der Waals surface area contributed by atoms with E-state index in [4.69, 9.17) is 17.3 Å². The van der Waals surface area contributed by atoms with Gasteiger partial charge in [-0.1, -0.05) is 11.6 Å². The van der Waals surface area contributed by atoms with E-state index >= 15 is 0 Å². The van der Waals surface area contributed by atoms with Gasteiger partial charge in [0.25, 0.3) is 5.56 Å². The second-order valence-electron chi connectivity index (χ2n) is 6.90. The number of nitrogens with one attached hydrogen (secondary N) is 1. The normalized spacial score (nSPS) is 12.3. The van der Waals surface area contributed by atoms with Crippen LogP contribution >= 0.6 is 11.6 Å². The molecule has 0 aliphatic rings. The van der Waals surface area contributed by atoms with E-state index in [2.05, 4.69) is 20.4 Å². The van der Waals surface area contributed by atoms with E-state index in [0.29, 0.717) is 33.3 Å². The summed E-state index contributed by atoms with van der Waals surface area (Å²) in [4.78, 5) is 33.3. The van der Waals surface area contributed by atoms with Crippen molar-refractivity contribution in [2.24, 2.45) is 7.05 Å². The fourth-order valence-corrected chi connectivity index (χ4v) is 3.54. The molecular formula is C19H19ClN8O2. The second kappa shape index (κ2) is 7.30. The predicted octanol–water partition coefficient (Wildman–Crippen LogP) is 2.22. The molecule has 4 rings (SSSR count). The van der Waals surface area contributed by atoms with Gasteiger partial charge in [0.05, 0.1) is 34.2 Å². The number of halogens is 1. The van der Waals surface area contributed by atoms with Crippen molar-refractivity contribution in [1.29, 1.82) is 0 Å². The van der Waals surface area contributed by atoms with Gasteiger partial charge in [-0.2, -0.15) is 10.1 Å². The summed E-state index contributed by atoms with van der Waals surface area (Å²) in [5.41, 5.74) is 7.27. The molecule has 0 spiro atoms. The summed E-state index contributed by atoms with van der Waals surface area (Å²) in [5, 5.41) is 7.71. The highest BCUT2D eigenvalue weighted by Crippen LogP contribution is 2.25. The quantitative estimate of drug-likeness (QED) is 0.468. The molecule has 0 fully saturated rings. The molecule has 0 amide bonds. The molecule has 10 nitrogen and oxygen atoms in total. The van der Waals surface area contributed by atoms with Crippen LogP contribution < -0.4 is 16.6 Å². The maximum atomic E-state index is 13.3. The zero-order chi connectivity index (χ0) is 21.6. The summed E-state index contributed by atoms with van der Waals surface area (Å²) in [5.74, 6) is 0.118. The van der Waals surface area contributed by atoms with Gasteiger partial charge >= 0.3 is 0 Å². The van der Waals surface area contributed by atoms with Crippen LogP contribution in [-0.4, -0.2) is 34.5 Å². The molecule has 0 bridgehead atoms. The van der Waals surface area contributed by atoms with Gasteiger partial charge in [0.1, 0.15) is 11.3 Å². The number of anilines is 2. The van der Waals surface area contributed by atoms with E-state index in [0.717, 1.165) is 0 Å². The van der Waals surface area contributed by atoms with Crippen LogP contribution in [0.25, 0.3) is 11.2 Å². The van der Waals surface area contributed by atoms with Crippen molar-refractivity contribution in [3.8, 4) is 5.69 Å². The van der Waals surface area contributed by atoms with Crippen molar-refractivity contribution in [2.75, 3.05) is 11.1 Å². The van der Waals surface area contributed by atoms with E-state index in [9.17, 15) is 9.59 Å². The number of aromatic nitrogens is 6. The summed E-state index contributed by atoms with van der Waals surface area (Å²) >= 11 is 6.24. The number of rotatable bonds is 5. The summed E-state index contributed by atoms with van der Waals surface area (Å²) < 4.78 is 4.81. The molecule has 0 saturated heterocycles. The van der Waals surface area contributed by atoms with Crippen molar-refractivity contribution in [3.05, 3.63) is 63.7 Å². The topological polar surface area (TPSA) is 125 Å². The van der Waals surface area contributed by atoms with Gasteiger partial charge in [-0.25, -0.2) is 4.98 Å². The molecule has 1 atom stereocenters. The molecule has 4 aromatic rings. The zero-order valence-corrected chi connectivity index (χ0v) is 17.3. The van der Waals surface area contributed by atoms with Gasteiger partial charge < -0.3 is 15.5 Å². The molecule has 154 valence electrons. The van der Waals surface area contributed by atoms with Crippen LogP contribution in [0.15, 0.2) is 41.8 Å². The van der Waals surface area contributed by atoms with Crippen molar-refractivity contribution in [3.63, 3.8) is 0 Å². The Labute approximate surface area is 175 Å². The third-order valence-corrected chi connectivity index (χ3v) is 5.04. The van der Waals surface area contributed by atoms with Crippen LogP contribution in [0.2, 0.25) is 5.02 Å². The largest absolute Gasteiger partial charge is 0.368 e. The second-order valence-corrected chi connectivity index (χ2v) is 7.31. The number of fused-ring (bicyclic) bond motifs is 1. The lowest BCUT2D eigenvalue weighted by Crippen LogP contribution is -2.27. The fourth-order valence-electron chi connectivity index (χ4n) is 3.30. The maximum absolute atomic E-state index is 13.3. The lowest BCUT2D eigenvalue weighted by molar-refractivity contribution is 0.101. The van der Waals surface area contributed by atoms with Crippen molar-refractivity contribution in [2.45, 2.75) is 19.9 Å². The number of Topliss-reactive ketones (excluding diaryl/α,β-unsaturated/α-hetero) is 1. The van der Waals surface area contributed by atoms with Crippen LogP contribution in [0, 0.1) is 0 Å². The molecule has 4 heterocycles. The summed E-state index contributed by atoms with van der Waals surface area (Å²) in [6, 6.07) is 1.23. The van der Waals surface area contributed by atoms with Crippen molar-refractivity contribution in [1.82, 2.24) is 28.7 Å². The van der Waals surface area contributed by atoms with Crippen LogP contribution in [0.5, 0.6) is 0 Å². The first-order valence-corrected chi connectivity index (χ1v) is 9.45. The number of aryl methyl sites for hydroxylation is 1. The molecule has 0 aliphatic heterocycles. The highest BCUT2D eigenvalue weighted by Gasteiger charge is 2.21. The molecule has 4 aromatic heterocycles. The first-order valence-electron chi connectivity index (χ1n) is 9.07. The average Bonchev–Trinajstić information content (AvgIpc) is 3.27. The lowest BCUT2D eigenvalue weighted by atomic mass is 10.2.